The Morgan fingerprint density at radius 3 is 2.87 bits per heavy atom. The number of benzene rings is 1. The van der Waals surface area contributed by atoms with Crippen molar-refractivity contribution in [1.29, 1.82) is 0 Å². The second kappa shape index (κ2) is 3.02. The molecule has 0 radical (unpaired) electrons. The maximum absolute atomic E-state index is 10.3. The highest BCUT2D eigenvalue weighted by atomic mass is 16.3. The summed E-state index contributed by atoms with van der Waals surface area (Å²) in [6.07, 6.45) is 3.59. The molecule has 76 valence electrons. The van der Waals surface area contributed by atoms with Gasteiger partial charge in [-0.25, -0.2) is 0 Å². The van der Waals surface area contributed by atoms with Crippen LogP contribution in [0.2, 0.25) is 0 Å². The van der Waals surface area contributed by atoms with Crippen molar-refractivity contribution in [2.45, 2.75) is 5.60 Å². The van der Waals surface area contributed by atoms with Crippen LogP contribution >= 0.6 is 0 Å². The number of nitrogens with zero attached hydrogens (tertiary/aromatic N) is 1. The van der Waals surface area contributed by atoms with Crippen LogP contribution < -0.4 is 5.32 Å². The van der Waals surface area contributed by atoms with Gasteiger partial charge >= 0.3 is 0 Å². The number of rotatable bonds is 1. The van der Waals surface area contributed by atoms with E-state index in [1.807, 2.05) is 30.5 Å². The summed E-state index contributed by atoms with van der Waals surface area (Å²) in [6, 6.07) is 7.93. The summed E-state index contributed by atoms with van der Waals surface area (Å²) in [5, 5.41) is 15.6. The molecule has 2 heterocycles. The quantitative estimate of drug-likeness (QED) is 0.722. The van der Waals surface area contributed by atoms with Gasteiger partial charge in [0.2, 0.25) is 0 Å². The predicted molar refractivity (Wildman–Crippen MR) is 58.5 cm³/mol. The van der Waals surface area contributed by atoms with E-state index < -0.39 is 5.60 Å². The van der Waals surface area contributed by atoms with Crippen LogP contribution in [0.1, 0.15) is 5.56 Å². The molecule has 0 spiro atoms. The van der Waals surface area contributed by atoms with Crippen molar-refractivity contribution in [2.24, 2.45) is 0 Å². The maximum Gasteiger partial charge on any atom is 0.115 e. The van der Waals surface area contributed by atoms with Crippen molar-refractivity contribution in [3.8, 4) is 0 Å². The Hall–Kier alpha value is -1.45. The number of pyridine rings is 1. The van der Waals surface area contributed by atoms with Crippen molar-refractivity contribution in [2.75, 3.05) is 13.1 Å². The molecule has 2 aromatic rings. The first-order chi connectivity index (χ1) is 7.30. The summed E-state index contributed by atoms with van der Waals surface area (Å²) in [5.74, 6) is 0. The van der Waals surface area contributed by atoms with Crippen LogP contribution in [0.25, 0.3) is 10.8 Å². The maximum atomic E-state index is 10.3. The van der Waals surface area contributed by atoms with E-state index >= 15 is 0 Å². The van der Waals surface area contributed by atoms with Gasteiger partial charge in [-0.1, -0.05) is 18.2 Å². The third kappa shape index (κ3) is 1.24. The summed E-state index contributed by atoms with van der Waals surface area (Å²) in [7, 11) is 0. The minimum Gasteiger partial charge on any atom is -0.382 e. The lowest BCUT2D eigenvalue weighted by Gasteiger charge is -2.38. The molecule has 1 aromatic heterocycles. The van der Waals surface area contributed by atoms with Gasteiger partial charge in [0.05, 0.1) is 0 Å². The first-order valence-corrected chi connectivity index (χ1v) is 5.06. The van der Waals surface area contributed by atoms with E-state index in [2.05, 4.69) is 10.3 Å². The number of hydrogen-bond donors (Lipinski definition) is 2. The zero-order valence-corrected chi connectivity index (χ0v) is 8.27. The average molecular weight is 200 g/mol. The van der Waals surface area contributed by atoms with Gasteiger partial charge in [-0.2, -0.15) is 0 Å². The van der Waals surface area contributed by atoms with E-state index in [-0.39, 0.29) is 0 Å². The number of aliphatic hydroxyl groups is 1. The predicted octanol–water partition coefficient (Wildman–Crippen LogP) is 1.03. The molecular formula is C12H12N2O. The van der Waals surface area contributed by atoms with Crippen molar-refractivity contribution < 1.29 is 5.11 Å². The minimum absolute atomic E-state index is 0.633. The number of β-amino-alcohol motifs (C(OH)–C–C–N with tert-alkyl or cyclic N) is 1. The summed E-state index contributed by atoms with van der Waals surface area (Å²) < 4.78 is 0. The first-order valence-electron chi connectivity index (χ1n) is 5.06. The molecule has 3 heteroatoms. The number of fused-ring (bicyclic) bond motifs is 1. The topological polar surface area (TPSA) is 45.2 Å². The van der Waals surface area contributed by atoms with E-state index in [1.165, 1.54) is 0 Å². The summed E-state index contributed by atoms with van der Waals surface area (Å²) in [4.78, 5) is 4.08. The number of nitrogens with one attached hydrogen (secondary N) is 1. The Morgan fingerprint density at radius 2 is 2.13 bits per heavy atom. The van der Waals surface area contributed by atoms with Gasteiger partial charge in [0.15, 0.2) is 0 Å². The van der Waals surface area contributed by atoms with Gasteiger partial charge in [0, 0.05) is 30.9 Å². The van der Waals surface area contributed by atoms with Crippen molar-refractivity contribution >= 4 is 10.8 Å². The lowest BCUT2D eigenvalue weighted by molar-refractivity contribution is -0.0132. The van der Waals surface area contributed by atoms with Crippen LogP contribution in [-0.2, 0) is 5.60 Å². The molecule has 1 aromatic carbocycles. The third-order valence-electron chi connectivity index (χ3n) is 3.02. The SMILES string of the molecule is OC1(c2cccc3cnccc23)CNC1. The number of hydrogen-bond acceptors (Lipinski definition) is 3. The minimum atomic E-state index is -0.694. The molecule has 1 saturated heterocycles. The molecule has 0 saturated carbocycles. The standard InChI is InChI=1S/C12H12N2O/c15-12(7-14-8-12)11-3-1-2-9-6-13-5-4-10(9)11/h1-6,14-15H,7-8H2. The number of aromatic nitrogens is 1. The van der Waals surface area contributed by atoms with Gasteiger partial charge in [-0.05, 0) is 17.0 Å². The summed E-state index contributed by atoms with van der Waals surface area (Å²) >= 11 is 0. The smallest absolute Gasteiger partial charge is 0.115 e. The second-order valence-electron chi connectivity index (χ2n) is 4.04. The Bertz CT molecular complexity index is 500. The van der Waals surface area contributed by atoms with Gasteiger partial charge in [0.25, 0.3) is 0 Å². The third-order valence-corrected chi connectivity index (χ3v) is 3.02. The first kappa shape index (κ1) is 8.83. The molecule has 1 fully saturated rings. The summed E-state index contributed by atoms with van der Waals surface area (Å²) in [6.45, 7) is 1.27. The lowest BCUT2D eigenvalue weighted by atomic mass is 9.85. The van der Waals surface area contributed by atoms with Gasteiger partial charge in [0.1, 0.15) is 5.60 Å². The molecule has 3 rings (SSSR count). The van der Waals surface area contributed by atoms with E-state index in [0.717, 1.165) is 16.3 Å². The van der Waals surface area contributed by atoms with E-state index in [0.29, 0.717) is 13.1 Å². The van der Waals surface area contributed by atoms with Crippen molar-refractivity contribution in [1.82, 2.24) is 10.3 Å². The Kier molecular flexibility index (Phi) is 1.78. The highest BCUT2D eigenvalue weighted by Crippen LogP contribution is 2.30. The molecule has 2 N–H and O–H groups in total. The molecule has 15 heavy (non-hydrogen) atoms. The van der Waals surface area contributed by atoms with E-state index in [9.17, 15) is 5.11 Å². The molecular weight excluding hydrogens is 188 g/mol. The Labute approximate surface area is 87.8 Å². The molecule has 0 unspecified atom stereocenters. The van der Waals surface area contributed by atoms with Crippen LogP contribution in [0.15, 0.2) is 36.7 Å². The largest absolute Gasteiger partial charge is 0.382 e. The van der Waals surface area contributed by atoms with Crippen LogP contribution in [0.3, 0.4) is 0 Å². The second-order valence-corrected chi connectivity index (χ2v) is 4.04. The van der Waals surface area contributed by atoms with Crippen LogP contribution in [-0.4, -0.2) is 23.2 Å². The van der Waals surface area contributed by atoms with Gasteiger partial charge in [-0.15, -0.1) is 0 Å². The fourth-order valence-corrected chi connectivity index (χ4v) is 2.08. The zero-order chi connectivity index (χ0) is 10.3. The van der Waals surface area contributed by atoms with Gasteiger partial charge in [-0.3, -0.25) is 4.98 Å². The van der Waals surface area contributed by atoms with Crippen LogP contribution in [0, 0.1) is 0 Å². The Morgan fingerprint density at radius 1 is 1.27 bits per heavy atom. The monoisotopic (exact) mass is 200 g/mol. The highest BCUT2D eigenvalue weighted by Gasteiger charge is 2.37. The molecule has 0 amide bonds. The molecule has 0 atom stereocenters. The van der Waals surface area contributed by atoms with Gasteiger partial charge < -0.3 is 10.4 Å². The normalized spacial score (nSPS) is 18.7. The molecule has 0 bridgehead atoms. The van der Waals surface area contributed by atoms with E-state index in [4.69, 9.17) is 0 Å². The van der Waals surface area contributed by atoms with Crippen molar-refractivity contribution in [3.05, 3.63) is 42.2 Å². The fourth-order valence-electron chi connectivity index (χ4n) is 2.08. The molecule has 1 aliphatic heterocycles. The lowest BCUT2D eigenvalue weighted by Crippen LogP contribution is -2.56. The summed E-state index contributed by atoms with van der Waals surface area (Å²) in [5.41, 5.74) is 0.307. The fraction of sp³-hybridized carbons (Fsp3) is 0.250. The Balaban J connectivity index is 2.26. The molecule has 3 nitrogen and oxygen atoms in total. The van der Waals surface area contributed by atoms with Crippen LogP contribution in [0.4, 0.5) is 0 Å². The average Bonchev–Trinajstić information content (AvgIpc) is 2.25. The highest BCUT2D eigenvalue weighted by molar-refractivity contribution is 5.85. The van der Waals surface area contributed by atoms with Crippen LogP contribution in [0.5, 0.6) is 0 Å². The zero-order valence-electron chi connectivity index (χ0n) is 8.27. The van der Waals surface area contributed by atoms with E-state index in [1.54, 1.807) is 6.20 Å². The molecule has 0 aliphatic carbocycles. The molecule has 1 aliphatic rings. The van der Waals surface area contributed by atoms with Crippen molar-refractivity contribution in [3.63, 3.8) is 0 Å².